The first kappa shape index (κ1) is 13.8. The van der Waals surface area contributed by atoms with Gasteiger partial charge in [0.2, 0.25) is 0 Å². The third-order valence-corrected chi connectivity index (χ3v) is 4.16. The predicted molar refractivity (Wildman–Crippen MR) is 84.8 cm³/mol. The zero-order valence-electron chi connectivity index (χ0n) is 10.9. The van der Waals surface area contributed by atoms with E-state index >= 15 is 0 Å². The Labute approximate surface area is 129 Å². The SMILES string of the molecule is O=C(CSc1nc2ccccc2o1)N/N=C\c1cccs1. The molecule has 5 nitrogen and oxygen atoms in total. The molecule has 0 fully saturated rings. The quantitative estimate of drug-likeness (QED) is 0.446. The average molecular weight is 317 g/mol. The lowest BCUT2D eigenvalue weighted by molar-refractivity contribution is -0.118. The van der Waals surface area contributed by atoms with Crippen molar-refractivity contribution in [3.05, 3.63) is 46.7 Å². The molecule has 1 N–H and O–H groups in total. The van der Waals surface area contributed by atoms with Crippen LogP contribution in [0, 0.1) is 0 Å². The summed E-state index contributed by atoms with van der Waals surface area (Å²) in [6.07, 6.45) is 1.62. The summed E-state index contributed by atoms with van der Waals surface area (Å²) in [5, 5.41) is 6.32. The van der Waals surface area contributed by atoms with Crippen LogP contribution in [0.5, 0.6) is 0 Å². The number of para-hydroxylation sites is 2. The summed E-state index contributed by atoms with van der Waals surface area (Å²) in [5.41, 5.74) is 3.98. The molecule has 2 aromatic heterocycles. The fourth-order valence-electron chi connectivity index (χ4n) is 1.60. The Hall–Kier alpha value is -2.12. The topological polar surface area (TPSA) is 67.5 Å². The molecule has 0 saturated heterocycles. The van der Waals surface area contributed by atoms with Gasteiger partial charge in [-0.3, -0.25) is 4.79 Å². The molecule has 21 heavy (non-hydrogen) atoms. The number of hydrogen-bond acceptors (Lipinski definition) is 6. The summed E-state index contributed by atoms with van der Waals surface area (Å²) >= 11 is 2.80. The number of carbonyl (C=O) groups excluding carboxylic acids is 1. The molecule has 2 heterocycles. The molecule has 0 radical (unpaired) electrons. The minimum atomic E-state index is -0.199. The lowest BCUT2D eigenvalue weighted by Crippen LogP contribution is -2.19. The van der Waals surface area contributed by atoms with Crippen molar-refractivity contribution in [3.63, 3.8) is 0 Å². The van der Waals surface area contributed by atoms with E-state index in [-0.39, 0.29) is 11.7 Å². The first-order valence-corrected chi connectivity index (χ1v) is 8.01. The Balaban J connectivity index is 1.51. The van der Waals surface area contributed by atoms with Crippen molar-refractivity contribution in [2.75, 3.05) is 5.75 Å². The minimum absolute atomic E-state index is 0.199. The van der Waals surface area contributed by atoms with Gasteiger partial charge in [-0.05, 0) is 23.6 Å². The normalized spacial score (nSPS) is 11.2. The average Bonchev–Trinajstić information content (AvgIpc) is 3.13. The van der Waals surface area contributed by atoms with Crippen molar-refractivity contribution in [2.24, 2.45) is 5.10 Å². The third kappa shape index (κ3) is 3.71. The first-order valence-electron chi connectivity index (χ1n) is 6.15. The maximum atomic E-state index is 11.6. The van der Waals surface area contributed by atoms with Crippen LogP contribution in [-0.2, 0) is 4.79 Å². The maximum absolute atomic E-state index is 11.6. The zero-order valence-corrected chi connectivity index (χ0v) is 12.5. The number of thiophene rings is 1. The molecule has 1 aromatic carbocycles. The molecule has 106 valence electrons. The highest BCUT2D eigenvalue weighted by atomic mass is 32.2. The molecule has 0 unspecified atom stereocenters. The van der Waals surface area contributed by atoms with Crippen molar-refractivity contribution in [2.45, 2.75) is 5.22 Å². The molecular weight excluding hydrogens is 306 g/mol. The van der Waals surface area contributed by atoms with Crippen LogP contribution in [0.2, 0.25) is 0 Å². The Morgan fingerprint density at radius 2 is 2.29 bits per heavy atom. The van der Waals surface area contributed by atoms with Crippen molar-refractivity contribution in [1.29, 1.82) is 0 Å². The molecule has 3 rings (SSSR count). The number of hydrazone groups is 1. The summed E-state index contributed by atoms with van der Waals surface area (Å²) in [4.78, 5) is 16.9. The van der Waals surface area contributed by atoms with E-state index in [1.54, 1.807) is 17.6 Å². The number of thioether (sulfide) groups is 1. The molecule has 1 amide bonds. The van der Waals surface area contributed by atoms with Crippen molar-refractivity contribution < 1.29 is 9.21 Å². The number of nitrogens with zero attached hydrogens (tertiary/aromatic N) is 2. The van der Waals surface area contributed by atoms with E-state index in [4.69, 9.17) is 4.42 Å². The second kappa shape index (κ2) is 6.55. The highest BCUT2D eigenvalue weighted by molar-refractivity contribution is 7.99. The summed E-state index contributed by atoms with van der Waals surface area (Å²) < 4.78 is 5.52. The predicted octanol–water partition coefficient (Wildman–Crippen LogP) is 3.13. The van der Waals surface area contributed by atoms with E-state index in [9.17, 15) is 4.79 Å². The number of rotatable bonds is 5. The number of fused-ring (bicyclic) bond motifs is 1. The fraction of sp³-hybridized carbons (Fsp3) is 0.0714. The number of hydrogen-bond donors (Lipinski definition) is 1. The highest BCUT2D eigenvalue weighted by Crippen LogP contribution is 2.22. The van der Waals surface area contributed by atoms with Crippen LogP contribution in [0.3, 0.4) is 0 Å². The number of benzene rings is 1. The summed E-state index contributed by atoms with van der Waals surface area (Å²) in [6.45, 7) is 0. The van der Waals surface area contributed by atoms with Crippen molar-refractivity contribution >= 4 is 46.3 Å². The van der Waals surface area contributed by atoms with E-state index in [2.05, 4.69) is 15.5 Å². The minimum Gasteiger partial charge on any atom is -0.431 e. The van der Waals surface area contributed by atoms with E-state index in [0.717, 1.165) is 16.0 Å². The Morgan fingerprint density at radius 1 is 1.38 bits per heavy atom. The van der Waals surface area contributed by atoms with Gasteiger partial charge in [-0.1, -0.05) is 30.0 Å². The molecule has 7 heteroatoms. The van der Waals surface area contributed by atoms with Gasteiger partial charge in [-0.25, -0.2) is 10.4 Å². The standard InChI is InChI=1S/C14H11N3O2S2/c18-13(17-15-8-10-4-3-7-20-10)9-21-14-16-11-5-1-2-6-12(11)19-14/h1-8H,9H2,(H,17,18)/b15-8-. The van der Waals surface area contributed by atoms with Crippen LogP contribution in [-0.4, -0.2) is 22.9 Å². The van der Waals surface area contributed by atoms with Gasteiger partial charge < -0.3 is 4.42 Å². The zero-order chi connectivity index (χ0) is 14.5. The van der Waals surface area contributed by atoms with Crippen LogP contribution in [0.4, 0.5) is 0 Å². The highest BCUT2D eigenvalue weighted by Gasteiger charge is 2.08. The number of oxazole rings is 1. The van der Waals surface area contributed by atoms with Crippen molar-refractivity contribution in [1.82, 2.24) is 10.4 Å². The molecule has 0 spiro atoms. The van der Waals surface area contributed by atoms with Gasteiger partial charge in [0.1, 0.15) is 5.52 Å². The molecule has 0 atom stereocenters. The molecule has 0 saturated carbocycles. The van der Waals surface area contributed by atoms with Crippen molar-refractivity contribution in [3.8, 4) is 0 Å². The van der Waals surface area contributed by atoms with Gasteiger partial charge in [0, 0.05) is 4.88 Å². The molecular formula is C14H11N3O2S2. The molecule has 0 bridgehead atoms. The third-order valence-electron chi connectivity index (χ3n) is 2.53. The Kier molecular flexibility index (Phi) is 4.32. The number of amides is 1. The monoisotopic (exact) mass is 317 g/mol. The van der Waals surface area contributed by atoms with E-state index in [0.29, 0.717) is 5.22 Å². The van der Waals surface area contributed by atoms with Gasteiger partial charge >= 0.3 is 0 Å². The van der Waals surface area contributed by atoms with Crippen LogP contribution < -0.4 is 5.43 Å². The summed E-state index contributed by atoms with van der Waals surface area (Å²) in [7, 11) is 0. The maximum Gasteiger partial charge on any atom is 0.257 e. The van der Waals surface area contributed by atoms with E-state index < -0.39 is 0 Å². The number of carbonyl (C=O) groups is 1. The molecule has 0 aliphatic carbocycles. The second-order valence-electron chi connectivity index (χ2n) is 4.04. The van der Waals surface area contributed by atoms with Gasteiger partial charge in [-0.2, -0.15) is 5.10 Å². The van der Waals surface area contributed by atoms with E-state index in [1.807, 2.05) is 41.8 Å². The molecule has 0 aliphatic heterocycles. The molecule has 3 aromatic rings. The first-order chi connectivity index (χ1) is 10.3. The lowest BCUT2D eigenvalue weighted by atomic mass is 10.3. The van der Waals surface area contributed by atoms with Crippen LogP contribution in [0.1, 0.15) is 4.88 Å². The lowest BCUT2D eigenvalue weighted by Gasteiger charge is -1.96. The summed E-state index contributed by atoms with van der Waals surface area (Å²) in [5.74, 6) is 0.00396. The molecule has 0 aliphatic rings. The smallest absolute Gasteiger partial charge is 0.257 e. The Bertz CT molecular complexity index is 732. The van der Waals surface area contributed by atoms with E-state index in [1.165, 1.54) is 11.8 Å². The van der Waals surface area contributed by atoms with Gasteiger partial charge in [0.05, 0.1) is 12.0 Å². The van der Waals surface area contributed by atoms with Gasteiger partial charge in [-0.15, -0.1) is 11.3 Å². The second-order valence-corrected chi connectivity index (χ2v) is 5.95. The summed E-state index contributed by atoms with van der Waals surface area (Å²) in [6, 6.07) is 11.3. The number of aromatic nitrogens is 1. The van der Waals surface area contributed by atoms with Crippen LogP contribution >= 0.6 is 23.1 Å². The largest absolute Gasteiger partial charge is 0.431 e. The number of nitrogens with one attached hydrogen (secondary N) is 1. The fourth-order valence-corrected chi connectivity index (χ4v) is 2.82. The van der Waals surface area contributed by atoms with Gasteiger partial charge in [0.25, 0.3) is 11.1 Å². The Morgan fingerprint density at radius 3 is 3.10 bits per heavy atom. The van der Waals surface area contributed by atoms with Crippen LogP contribution in [0.25, 0.3) is 11.1 Å². The van der Waals surface area contributed by atoms with Crippen LogP contribution in [0.15, 0.2) is 56.5 Å². The van der Waals surface area contributed by atoms with Gasteiger partial charge in [0.15, 0.2) is 5.58 Å².